The summed E-state index contributed by atoms with van der Waals surface area (Å²) in [6.45, 7) is 0.743. The van der Waals surface area contributed by atoms with Gasteiger partial charge >= 0.3 is 0 Å². The van der Waals surface area contributed by atoms with E-state index in [1.54, 1.807) is 30.3 Å². The minimum Gasteiger partial charge on any atom is -0.497 e. The van der Waals surface area contributed by atoms with Crippen LogP contribution in [-0.4, -0.2) is 63.4 Å². The molecule has 0 spiro atoms. The zero-order valence-corrected chi connectivity index (χ0v) is 18.7. The highest BCUT2D eigenvalue weighted by Gasteiger charge is 2.14. The SMILES string of the molecule is COc1cc(OCCO)cc(N(CCCO)c2ccc3ncc(-c4cnn(C)c4)nc3c2)c1. The molecule has 2 N–H and O–H groups in total. The molecule has 0 radical (unpaired) electrons. The topological polar surface area (TPSA) is 106 Å². The van der Waals surface area contributed by atoms with Crippen LogP contribution in [-0.2, 0) is 7.05 Å². The predicted molar refractivity (Wildman–Crippen MR) is 126 cm³/mol. The van der Waals surface area contributed by atoms with Crippen molar-refractivity contribution in [1.82, 2.24) is 19.7 Å². The number of methoxy groups -OCH3 is 1. The van der Waals surface area contributed by atoms with E-state index in [0.29, 0.717) is 24.5 Å². The number of hydrogen-bond acceptors (Lipinski definition) is 8. The van der Waals surface area contributed by atoms with Crippen molar-refractivity contribution >= 4 is 22.4 Å². The van der Waals surface area contributed by atoms with Crippen molar-refractivity contribution in [3.63, 3.8) is 0 Å². The Morgan fingerprint density at radius 2 is 1.82 bits per heavy atom. The van der Waals surface area contributed by atoms with E-state index in [9.17, 15) is 5.11 Å². The number of benzene rings is 2. The minimum atomic E-state index is -0.0800. The number of anilines is 2. The predicted octanol–water partition coefficient (Wildman–Crippen LogP) is 2.93. The number of fused-ring (bicyclic) bond motifs is 1. The van der Waals surface area contributed by atoms with E-state index >= 15 is 0 Å². The quantitative estimate of drug-likeness (QED) is 0.381. The fourth-order valence-electron chi connectivity index (χ4n) is 3.57. The zero-order valence-electron chi connectivity index (χ0n) is 18.7. The highest BCUT2D eigenvalue weighted by Crippen LogP contribution is 2.34. The van der Waals surface area contributed by atoms with Gasteiger partial charge < -0.3 is 24.6 Å². The first-order chi connectivity index (χ1) is 16.1. The van der Waals surface area contributed by atoms with Crippen LogP contribution in [0.1, 0.15) is 6.42 Å². The summed E-state index contributed by atoms with van der Waals surface area (Å²) < 4.78 is 12.8. The molecule has 2 aromatic carbocycles. The molecule has 4 rings (SSSR count). The number of aliphatic hydroxyl groups is 2. The van der Waals surface area contributed by atoms with Crippen LogP contribution >= 0.6 is 0 Å². The van der Waals surface area contributed by atoms with Crippen LogP contribution in [0.4, 0.5) is 11.4 Å². The number of aromatic nitrogens is 4. The first-order valence-corrected chi connectivity index (χ1v) is 10.7. The Morgan fingerprint density at radius 1 is 0.970 bits per heavy atom. The lowest BCUT2D eigenvalue weighted by Gasteiger charge is -2.26. The number of hydrogen-bond donors (Lipinski definition) is 2. The molecule has 0 saturated carbocycles. The molecule has 172 valence electrons. The second-order valence-corrected chi connectivity index (χ2v) is 7.50. The summed E-state index contributed by atoms with van der Waals surface area (Å²) in [7, 11) is 3.46. The monoisotopic (exact) mass is 449 g/mol. The maximum Gasteiger partial charge on any atom is 0.125 e. The van der Waals surface area contributed by atoms with Gasteiger partial charge in [0.05, 0.1) is 42.8 Å². The van der Waals surface area contributed by atoms with Crippen molar-refractivity contribution in [3.8, 4) is 22.8 Å². The van der Waals surface area contributed by atoms with Gasteiger partial charge in [0.2, 0.25) is 0 Å². The Morgan fingerprint density at radius 3 is 2.55 bits per heavy atom. The minimum absolute atomic E-state index is 0.0624. The number of aliphatic hydroxyl groups excluding tert-OH is 2. The van der Waals surface area contributed by atoms with E-state index in [1.165, 1.54) is 0 Å². The summed E-state index contributed by atoms with van der Waals surface area (Å²) in [5.41, 5.74) is 4.92. The highest BCUT2D eigenvalue weighted by molar-refractivity contribution is 5.82. The Kier molecular flexibility index (Phi) is 7.01. The first kappa shape index (κ1) is 22.5. The second kappa shape index (κ2) is 10.3. The van der Waals surface area contributed by atoms with Crippen molar-refractivity contribution in [2.45, 2.75) is 6.42 Å². The Balaban J connectivity index is 1.75. The lowest BCUT2D eigenvalue weighted by molar-refractivity contribution is 0.201. The van der Waals surface area contributed by atoms with Gasteiger partial charge in [0.15, 0.2) is 0 Å². The third-order valence-electron chi connectivity index (χ3n) is 5.15. The molecular formula is C24H27N5O4. The van der Waals surface area contributed by atoms with E-state index in [1.807, 2.05) is 43.6 Å². The lowest BCUT2D eigenvalue weighted by Crippen LogP contribution is -2.19. The zero-order chi connectivity index (χ0) is 23.2. The Bertz CT molecular complexity index is 1230. The van der Waals surface area contributed by atoms with Gasteiger partial charge in [-0.2, -0.15) is 5.10 Å². The Hall–Kier alpha value is -3.69. The standard InChI is InChI=1S/C24H27N5O4/c1-28-16-17(14-26-28)24-15-25-22-5-4-18(12-23(22)27-24)29(6-3-7-30)19-10-20(32-2)13-21(11-19)33-9-8-31/h4-5,10-16,30-31H,3,6-9H2,1-2H3. The molecule has 0 amide bonds. The maximum absolute atomic E-state index is 9.48. The van der Waals surface area contributed by atoms with Crippen molar-refractivity contribution in [3.05, 3.63) is 55.0 Å². The van der Waals surface area contributed by atoms with Crippen LogP contribution in [0.3, 0.4) is 0 Å². The molecule has 2 aromatic heterocycles. The molecule has 4 aromatic rings. The fraction of sp³-hybridized carbons (Fsp3) is 0.292. The Labute approximate surface area is 191 Å². The molecule has 0 aliphatic carbocycles. The summed E-state index contributed by atoms with van der Waals surface area (Å²) in [6, 6.07) is 11.5. The van der Waals surface area contributed by atoms with Gasteiger partial charge in [-0.3, -0.25) is 9.67 Å². The molecular weight excluding hydrogens is 422 g/mol. The van der Waals surface area contributed by atoms with Crippen molar-refractivity contribution in [2.24, 2.45) is 7.05 Å². The second-order valence-electron chi connectivity index (χ2n) is 7.50. The molecule has 0 atom stereocenters. The third-order valence-corrected chi connectivity index (χ3v) is 5.15. The summed E-state index contributed by atoms with van der Waals surface area (Å²) in [4.78, 5) is 11.4. The normalized spacial score (nSPS) is 11.0. The summed E-state index contributed by atoms with van der Waals surface area (Å²) in [6.07, 6.45) is 5.98. The largest absolute Gasteiger partial charge is 0.497 e. The van der Waals surface area contributed by atoms with Crippen LogP contribution in [0, 0.1) is 0 Å². The lowest BCUT2D eigenvalue weighted by atomic mass is 10.1. The summed E-state index contributed by atoms with van der Waals surface area (Å²) >= 11 is 0. The third kappa shape index (κ3) is 5.21. The van der Waals surface area contributed by atoms with E-state index in [0.717, 1.165) is 33.7 Å². The van der Waals surface area contributed by atoms with Crippen molar-refractivity contribution in [1.29, 1.82) is 0 Å². The van der Waals surface area contributed by atoms with Crippen LogP contribution < -0.4 is 14.4 Å². The van der Waals surface area contributed by atoms with E-state index in [4.69, 9.17) is 19.6 Å². The van der Waals surface area contributed by atoms with Crippen molar-refractivity contribution < 1.29 is 19.7 Å². The smallest absolute Gasteiger partial charge is 0.125 e. The molecule has 33 heavy (non-hydrogen) atoms. The molecule has 0 fully saturated rings. The van der Waals surface area contributed by atoms with Gasteiger partial charge in [-0.1, -0.05) is 0 Å². The molecule has 0 unspecified atom stereocenters. The maximum atomic E-state index is 9.48. The van der Waals surface area contributed by atoms with Crippen LogP contribution in [0.2, 0.25) is 0 Å². The highest BCUT2D eigenvalue weighted by atomic mass is 16.5. The molecule has 0 bridgehead atoms. The van der Waals surface area contributed by atoms with E-state index < -0.39 is 0 Å². The number of rotatable bonds is 10. The van der Waals surface area contributed by atoms with Gasteiger partial charge in [0.25, 0.3) is 0 Å². The van der Waals surface area contributed by atoms with Crippen molar-refractivity contribution in [2.75, 3.05) is 38.4 Å². The molecule has 0 saturated heterocycles. The number of aryl methyl sites for hydroxylation is 1. The first-order valence-electron chi connectivity index (χ1n) is 10.7. The van der Waals surface area contributed by atoms with Crippen LogP contribution in [0.5, 0.6) is 11.5 Å². The average Bonchev–Trinajstić information content (AvgIpc) is 3.28. The number of ether oxygens (including phenoxy) is 2. The molecule has 2 heterocycles. The van der Waals surface area contributed by atoms with Gasteiger partial charge in [-0.25, -0.2) is 4.98 Å². The fourth-order valence-corrected chi connectivity index (χ4v) is 3.57. The van der Waals surface area contributed by atoms with E-state index in [2.05, 4.69) is 15.0 Å². The van der Waals surface area contributed by atoms with E-state index in [-0.39, 0.29) is 19.8 Å². The van der Waals surface area contributed by atoms with Crippen LogP contribution in [0.15, 0.2) is 55.0 Å². The molecule has 0 aliphatic rings. The molecule has 0 aliphatic heterocycles. The summed E-state index contributed by atoms with van der Waals surface area (Å²) in [5.74, 6) is 1.22. The molecule has 9 heteroatoms. The average molecular weight is 450 g/mol. The number of nitrogens with zero attached hydrogens (tertiary/aromatic N) is 5. The van der Waals surface area contributed by atoms with Gasteiger partial charge in [0.1, 0.15) is 18.1 Å². The molecule has 9 nitrogen and oxygen atoms in total. The summed E-state index contributed by atoms with van der Waals surface area (Å²) in [5, 5.41) is 22.8. The van der Waals surface area contributed by atoms with Gasteiger partial charge in [0, 0.05) is 61.5 Å². The van der Waals surface area contributed by atoms with Gasteiger partial charge in [-0.05, 0) is 24.6 Å². The van der Waals surface area contributed by atoms with Crippen LogP contribution in [0.25, 0.3) is 22.3 Å². The van der Waals surface area contributed by atoms with Gasteiger partial charge in [-0.15, -0.1) is 0 Å².